The predicted octanol–water partition coefficient (Wildman–Crippen LogP) is 4.14. The number of hydrogen-bond donors (Lipinski definition) is 1. The molecule has 0 radical (unpaired) electrons. The summed E-state index contributed by atoms with van der Waals surface area (Å²) in [5, 5.41) is 10.5. The molecule has 0 unspecified atom stereocenters. The van der Waals surface area contributed by atoms with E-state index in [1.165, 1.54) is 0 Å². The average Bonchev–Trinajstić information content (AvgIpc) is 2.77. The van der Waals surface area contributed by atoms with Gasteiger partial charge in [0.15, 0.2) is 17.5 Å². The molecule has 1 aromatic carbocycles. The van der Waals surface area contributed by atoms with Crippen molar-refractivity contribution in [3.8, 4) is 0 Å². The lowest BCUT2D eigenvalue weighted by molar-refractivity contribution is -0.137. The Labute approximate surface area is 193 Å². The second-order valence-corrected chi connectivity index (χ2v) is 7.62. The zero-order valence-corrected chi connectivity index (χ0v) is 18.7. The van der Waals surface area contributed by atoms with Gasteiger partial charge < -0.3 is 19.6 Å². The second kappa shape index (κ2) is 10.7. The molecule has 2 aromatic rings. The fourth-order valence-electron chi connectivity index (χ4n) is 3.15. The quantitative estimate of drug-likeness (QED) is 0.219. The van der Waals surface area contributed by atoms with Crippen LogP contribution in [0.4, 0.5) is 24.7 Å². The summed E-state index contributed by atoms with van der Waals surface area (Å²) in [5.41, 5.74) is -1.05. The number of esters is 1. The molecule has 11 heteroatoms. The van der Waals surface area contributed by atoms with Gasteiger partial charge in [0.1, 0.15) is 22.3 Å². The van der Waals surface area contributed by atoms with Crippen molar-refractivity contribution in [1.29, 1.82) is 0 Å². The monoisotopic (exact) mass is 482 g/mol. The Morgan fingerprint density at radius 2 is 1.91 bits per heavy atom. The van der Waals surface area contributed by atoms with E-state index in [0.29, 0.717) is 19.2 Å². The van der Waals surface area contributed by atoms with E-state index in [1.807, 2.05) is 7.05 Å². The summed E-state index contributed by atoms with van der Waals surface area (Å²) in [5.74, 6) is -4.23. The number of hydrogen-bond acceptors (Lipinski definition) is 7. The molecule has 1 aliphatic heterocycles. The lowest BCUT2D eigenvalue weighted by Crippen LogP contribution is -2.45. The predicted molar refractivity (Wildman–Crippen MR) is 120 cm³/mol. The number of pyridine rings is 1. The number of carbonyl (C=O) groups is 1. The Bertz CT molecular complexity index is 1100. The van der Waals surface area contributed by atoms with Gasteiger partial charge >= 0.3 is 5.97 Å². The van der Waals surface area contributed by atoms with Gasteiger partial charge in [0, 0.05) is 38.5 Å². The Morgan fingerprint density at radius 3 is 2.55 bits per heavy atom. The molecule has 0 spiro atoms. The molecule has 2 heterocycles. The van der Waals surface area contributed by atoms with Crippen LogP contribution in [0.3, 0.4) is 0 Å². The van der Waals surface area contributed by atoms with Crippen LogP contribution < -0.4 is 4.90 Å². The summed E-state index contributed by atoms with van der Waals surface area (Å²) < 4.78 is 46.8. The highest BCUT2D eigenvalue weighted by Gasteiger charge is 2.24. The summed E-state index contributed by atoms with van der Waals surface area (Å²) >= 11 is 6.22. The van der Waals surface area contributed by atoms with Gasteiger partial charge in [-0.15, -0.1) is 0 Å². The average molecular weight is 483 g/mol. The molecule has 0 bridgehead atoms. The minimum absolute atomic E-state index is 0.0307. The maximum absolute atomic E-state index is 14.9. The van der Waals surface area contributed by atoms with E-state index in [9.17, 15) is 23.1 Å². The largest absolute Gasteiger partial charge is 0.506 e. The van der Waals surface area contributed by atoms with E-state index in [2.05, 4.69) is 14.9 Å². The second-order valence-electron chi connectivity index (χ2n) is 7.26. The SMILES string of the molecule is CCOC(=O)C(C=Nc1ccc(F)cc1F)=C(O)c1cc(F)c(N2CCN(C)CC2)nc1Cl. The number of nitrogens with zero attached hydrogens (tertiary/aromatic N) is 4. The Morgan fingerprint density at radius 1 is 1.21 bits per heavy atom. The van der Waals surface area contributed by atoms with Crippen molar-refractivity contribution in [2.45, 2.75) is 6.92 Å². The number of aliphatic imine (C=N–C) groups is 1. The molecule has 1 aliphatic rings. The van der Waals surface area contributed by atoms with Gasteiger partial charge in [0.2, 0.25) is 0 Å². The molecule has 33 heavy (non-hydrogen) atoms. The van der Waals surface area contributed by atoms with E-state index >= 15 is 0 Å². The number of aromatic nitrogens is 1. The standard InChI is InChI=1S/C22H22ClF3N4O3/c1-3-33-22(32)15(12-27-18-5-4-13(24)10-16(18)25)19(31)14-11-17(26)21(28-20(14)23)30-8-6-29(2)7-9-30/h4-5,10-12,31H,3,6-9H2,1-2H3. The number of carbonyl (C=O) groups excluding carboxylic acids is 1. The normalized spacial score (nSPS) is 15.6. The maximum Gasteiger partial charge on any atom is 0.343 e. The first-order chi connectivity index (χ1) is 15.7. The lowest BCUT2D eigenvalue weighted by atomic mass is 10.1. The summed E-state index contributed by atoms with van der Waals surface area (Å²) in [4.78, 5) is 24.1. The fraction of sp³-hybridized carbons (Fsp3) is 0.318. The molecule has 7 nitrogen and oxygen atoms in total. The Kier molecular flexibility index (Phi) is 7.93. The van der Waals surface area contributed by atoms with Gasteiger partial charge in [-0.05, 0) is 32.2 Å². The zero-order valence-electron chi connectivity index (χ0n) is 18.0. The van der Waals surface area contributed by atoms with Crippen LogP contribution in [0.15, 0.2) is 34.8 Å². The topological polar surface area (TPSA) is 78.3 Å². The minimum atomic E-state index is -0.999. The molecule has 3 rings (SSSR count). The van der Waals surface area contributed by atoms with Crippen LogP contribution in [0.2, 0.25) is 5.15 Å². The first kappa shape index (κ1) is 24.5. The Hall–Kier alpha value is -3.11. The Balaban J connectivity index is 2.01. The number of likely N-dealkylation sites (N-methyl/N-ethyl adjacent to an activating group) is 1. The molecule has 0 saturated carbocycles. The third kappa shape index (κ3) is 5.82. The molecule has 1 saturated heterocycles. The number of piperazine rings is 1. The molecular weight excluding hydrogens is 461 g/mol. The molecule has 1 N–H and O–H groups in total. The van der Waals surface area contributed by atoms with Gasteiger partial charge in [0.05, 0.1) is 17.9 Å². The number of aliphatic hydroxyl groups is 1. The van der Waals surface area contributed by atoms with Crippen molar-refractivity contribution in [2.75, 3.05) is 44.7 Å². The van der Waals surface area contributed by atoms with Gasteiger partial charge in [-0.3, -0.25) is 4.99 Å². The highest BCUT2D eigenvalue weighted by Crippen LogP contribution is 2.29. The van der Waals surface area contributed by atoms with E-state index in [-0.39, 0.29) is 28.8 Å². The minimum Gasteiger partial charge on any atom is -0.506 e. The zero-order chi connectivity index (χ0) is 24.1. The summed E-state index contributed by atoms with van der Waals surface area (Å²) in [7, 11) is 1.95. The molecule has 0 amide bonds. The van der Waals surface area contributed by atoms with Crippen LogP contribution in [0, 0.1) is 17.5 Å². The number of benzene rings is 1. The van der Waals surface area contributed by atoms with Gasteiger partial charge in [-0.1, -0.05) is 11.6 Å². The first-order valence-electron chi connectivity index (χ1n) is 10.1. The summed E-state index contributed by atoms with van der Waals surface area (Å²) in [6, 6.07) is 3.62. The molecule has 1 aromatic heterocycles. The smallest absolute Gasteiger partial charge is 0.343 e. The molecule has 0 atom stereocenters. The fourth-order valence-corrected chi connectivity index (χ4v) is 3.37. The van der Waals surface area contributed by atoms with Crippen LogP contribution in [-0.2, 0) is 9.53 Å². The van der Waals surface area contributed by atoms with E-state index < -0.39 is 34.8 Å². The lowest BCUT2D eigenvalue weighted by Gasteiger charge is -2.33. The van der Waals surface area contributed by atoms with Gasteiger partial charge in [-0.2, -0.15) is 0 Å². The van der Waals surface area contributed by atoms with Crippen molar-refractivity contribution in [1.82, 2.24) is 9.88 Å². The van der Waals surface area contributed by atoms with Crippen LogP contribution in [0.1, 0.15) is 12.5 Å². The van der Waals surface area contributed by atoms with Crippen LogP contribution in [0.25, 0.3) is 5.76 Å². The van der Waals surface area contributed by atoms with E-state index in [4.69, 9.17) is 16.3 Å². The van der Waals surface area contributed by atoms with Crippen molar-refractivity contribution in [3.63, 3.8) is 0 Å². The number of ether oxygens (including phenoxy) is 1. The third-order valence-electron chi connectivity index (χ3n) is 4.96. The van der Waals surface area contributed by atoms with Crippen molar-refractivity contribution in [2.24, 2.45) is 4.99 Å². The molecule has 176 valence electrons. The summed E-state index contributed by atoms with van der Waals surface area (Å²) in [6.07, 6.45) is 0.840. The van der Waals surface area contributed by atoms with E-state index in [1.54, 1.807) is 11.8 Å². The van der Waals surface area contributed by atoms with Gasteiger partial charge in [-0.25, -0.2) is 22.9 Å². The number of halogens is 4. The third-order valence-corrected chi connectivity index (χ3v) is 5.25. The summed E-state index contributed by atoms with van der Waals surface area (Å²) in [6.45, 7) is 4.04. The maximum atomic E-state index is 14.9. The van der Waals surface area contributed by atoms with Crippen LogP contribution >= 0.6 is 11.6 Å². The number of aliphatic hydroxyl groups excluding tert-OH is 1. The number of rotatable bonds is 6. The van der Waals surface area contributed by atoms with E-state index in [0.717, 1.165) is 37.5 Å². The number of anilines is 1. The van der Waals surface area contributed by atoms with Crippen molar-refractivity contribution >= 4 is 41.0 Å². The highest BCUT2D eigenvalue weighted by atomic mass is 35.5. The van der Waals surface area contributed by atoms with Crippen molar-refractivity contribution in [3.05, 3.63) is 58.0 Å². The molecule has 1 fully saturated rings. The van der Waals surface area contributed by atoms with Crippen LogP contribution in [-0.4, -0.2) is 67.0 Å². The highest BCUT2D eigenvalue weighted by molar-refractivity contribution is 6.31. The molecule has 0 aliphatic carbocycles. The van der Waals surface area contributed by atoms with Crippen molar-refractivity contribution < 1.29 is 27.8 Å². The van der Waals surface area contributed by atoms with Crippen LogP contribution in [0.5, 0.6) is 0 Å². The first-order valence-corrected chi connectivity index (χ1v) is 10.5. The van der Waals surface area contributed by atoms with Gasteiger partial charge in [0.25, 0.3) is 0 Å². The molecular formula is C22H22ClF3N4O3.